The van der Waals surface area contributed by atoms with Crippen molar-refractivity contribution >= 4 is 40.1 Å². The minimum Gasteiger partial charge on any atom is -0.452 e. The van der Waals surface area contributed by atoms with Crippen LogP contribution in [0.3, 0.4) is 0 Å². The number of anilines is 2. The van der Waals surface area contributed by atoms with Crippen molar-refractivity contribution in [3.05, 3.63) is 65.4 Å². The molecule has 2 heterocycles. The third-order valence-electron chi connectivity index (χ3n) is 6.11. The first kappa shape index (κ1) is 20.2. The Labute approximate surface area is 185 Å². The summed E-state index contributed by atoms with van der Waals surface area (Å²) in [6.45, 7) is 1.61. The highest BCUT2D eigenvalue weighted by atomic mass is 16.5. The van der Waals surface area contributed by atoms with Crippen molar-refractivity contribution in [2.75, 3.05) is 23.4 Å². The monoisotopic (exact) mass is 429 g/mol. The summed E-state index contributed by atoms with van der Waals surface area (Å²) in [6, 6.07) is 14.6. The molecule has 0 saturated carbocycles. The fourth-order valence-corrected chi connectivity index (χ4v) is 4.53. The van der Waals surface area contributed by atoms with Gasteiger partial charge >= 0.3 is 5.97 Å². The van der Waals surface area contributed by atoms with Crippen LogP contribution in [0.15, 0.2) is 48.5 Å². The zero-order valence-corrected chi connectivity index (χ0v) is 17.8. The van der Waals surface area contributed by atoms with Crippen molar-refractivity contribution in [2.24, 2.45) is 5.92 Å². The van der Waals surface area contributed by atoms with Crippen LogP contribution in [-0.4, -0.2) is 35.9 Å². The first-order chi connectivity index (χ1) is 15.5. The molecule has 0 fully saturated rings. The molecular weight excluding hydrogens is 406 g/mol. The summed E-state index contributed by atoms with van der Waals surface area (Å²) in [7, 11) is 0. The van der Waals surface area contributed by atoms with Gasteiger partial charge in [-0.2, -0.15) is 0 Å². The van der Waals surface area contributed by atoms with E-state index in [9.17, 15) is 14.4 Å². The molecule has 1 N–H and O–H groups in total. The second kappa shape index (κ2) is 8.07. The van der Waals surface area contributed by atoms with Crippen LogP contribution < -0.4 is 10.2 Å². The number of fused-ring (bicyclic) bond motifs is 3. The zero-order chi connectivity index (χ0) is 22.2. The van der Waals surface area contributed by atoms with Crippen LogP contribution in [0.2, 0.25) is 0 Å². The number of para-hydroxylation sites is 3. The number of carbonyl (C=O) groups is 3. The Bertz CT molecular complexity index is 1250. The van der Waals surface area contributed by atoms with Gasteiger partial charge in [-0.15, -0.1) is 0 Å². The zero-order valence-electron chi connectivity index (χ0n) is 17.8. The quantitative estimate of drug-likeness (QED) is 0.644. The summed E-state index contributed by atoms with van der Waals surface area (Å²) in [6.07, 6.45) is 2.60. The molecule has 2 aromatic carbocycles. The largest absolute Gasteiger partial charge is 0.452 e. The second-order valence-electron chi connectivity index (χ2n) is 8.40. The van der Waals surface area contributed by atoms with E-state index in [4.69, 9.17) is 9.72 Å². The van der Waals surface area contributed by atoms with Gasteiger partial charge in [-0.05, 0) is 48.9 Å². The average Bonchev–Trinajstić information content (AvgIpc) is 2.80. The smallest absolute Gasteiger partial charge is 0.339 e. The number of ether oxygens (including phenoxy) is 1. The summed E-state index contributed by atoms with van der Waals surface area (Å²) in [4.78, 5) is 44.3. The van der Waals surface area contributed by atoms with Gasteiger partial charge in [0.1, 0.15) is 6.54 Å². The predicted molar refractivity (Wildman–Crippen MR) is 121 cm³/mol. The molecule has 0 spiro atoms. The third-order valence-corrected chi connectivity index (χ3v) is 6.11. The summed E-state index contributed by atoms with van der Waals surface area (Å²) >= 11 is 0. The molecule has 1 aromatic heterocycles. The van der Waals surface area contributed by atoms with Crippen molar-refractivity contribution < 1.29 is 19.1 Å². The van der Waals surface area contributed by atoms with Crippen molar-refractivity contribution in [1.29, 1.82) is 0 Å². The first-order valence-corrected chi connectivity index (χ1v) is 10.8. The van der Waals surface area contributed by atoms with E-state index in [2.05, 4.69) is 12.2 Å². The maximum atomic E-state index is 13.2. The molecule has 2 amide bonds. The van der Waals surface area contributed by atoms with E-state index < -0.39 is 18.5 Å². The molecule has 0 unspecified atom stereocenters. The lowest BCUT2D eigenvalue weighted by molar-refractivity contribution is -0.124. The molecular formula is C25H23N3O4. The van der Waals surface area contributed by atoms with Crippen molar-refractivity contribution in [3.63, 3.8) is 0 Å². The molecule has 7 nitrogen and oxygen atoms in total. The Morgan fingerprint density at radius 3 is 2.81 bits per heavy atom. The van der Waals surface area contributed by atoms with Gasteiger partial charge in [-0.25, -0.2) is 4.79 Å². The van der Waals surface area contributed by atoms with Crippen LogP contribution in [0.25, 0.3) is 10.9 Å². The lowest BCUT2D eigenvalue weighted by atomic mass is 9.84. The molecule has 5 rings (SSSR count). The Kier molecular flexibility index (Phi) is 5.09. The average molecular weight is 429 g/mol. The molecule has 0 saturated heterocycles. The predicted octanol–water partition coefficient (Wildman–Crippen LogP) is 3.50. The van der Waals surface area contributed by atoms with Crippen LogP contribution in [0.1, 0.15) is 35.0 Å². The van der Waals surface area contributed by atoms with Gasteiger partial charge in [0.15, 0.2) is 6.61 Å². The molecule has 3 aromatic rings. The van der Waals surface area contributed by atoms with E-state index in [1.807, 2.05) is 24.3 Å². The lowest BCUT2D eigenvalue weighted by Crippen LogP contribution is -2.44. The number of nitrogens with zero attached hydrogens (tertiary/aromatic N) is 2. The number of esters is 1. The minimum absolute atomic E-state index is 0.113. The molecule has 162 valence electrons. The van der Waals surface area contributed by atoms with E-state index in [-0.39, 0.29) is 12.5 Å². The van der Waals surface area contributed by atoms with Crippen LogP contribution in [0.5, 0.6) is 0 Å². The maximum absolute atomic E-state index is 13.2. The molecule has 0 radical (unpaired) electrons. The summed E-state index contributed by atoms with van der Waals surface area (Å²) in [5, 5.41) is 3.48. The van der Waals surface area contributed by atoms with Gasteiger partial charge in [0, 0.05) is 11.1 Å². The molecule has 32 heavy (non-hydrogen) atoms. The highest BCUT2D eigenvalue weighted by Crippen LogP contribution is 2.32. The van der Waals surface area contributed by atoms with E-state index in [1.165, 1.54) is 4.90 Å². The molecule has 1 aliphatic heterocycles. The highest BCUT2D eigenvalue weighted by Gasteiger charge is 2.29. The van der Waals surface area contributed by atoms with Crippen LogP contribution in [0, 0.1) is 5.92 Å². The normalized spacial score (nSPS) is 17.3. The van der Waals surface area contributed by atoms with Gasteiger partial charge in [-0.3, -0.25) is 19.5 Å². The van der Waals surface area contributed by atoms with Gasteiger partial charge in [0.05, 0.1) is 22.5 Å². The second-order valence-corrected chi connectivity index (χ2v) is 8.40. The highest BCUT2D eigenvalue weighted by molar-refractivity contribution is 6.11. The number of aromatic nitrogens is 1. The number of hydrogen-bond donors (Lipinski definition) is 1. The van der Waals surface area contributed by atoms with Crippen LogP contribution in [-0.2, 0) is 27.2 Å². The van der Waals surface area contributed by atoms with Gasteiger partial charge in [0.25, 0.3) is 5.91 Å². The summed E-state index contributed by atoms with van der Waals surface area (Å²) in [5.41, 5.74) is 4.26. The number of nitrogens with one attached hydrogen (secondary N) is 1. The molecule has 2 aliphatic rings. The molecule has 1 atom stereocenters. The first-order valence-electron chi connectivity index (χ1n) is 10.8. The number of carbonyl (C=O) groups excluding carboxylic acids is 3. The molecule has 1 aliphatic carbocycles. The standard InChI is InChI=1S/C25H23N3O4/c1-15-10-11-19-17(12-15)24(16-6-2-3-7-18(16)26-19)25(31)32-14-23(30)28-13-22(29)27-20-8-4-5-9-21(20)28/h2-9,15H,10-14H2,1H3,(H,27,29)/t15-/m0/s1. The van der Waals surface area contributed by atoms with Crippen molar-refractivity contribution in [1.82, 2.24) is 4.98 Å². The maximum Gasteiger partial charge on any atom is 0.339 e. The topological polar surface area (TPSA) is 88.6 Å². The fourth-order valence-electron chi connectivity index (χ4n) is 4.53. The van der Waals surface area contributed by atoms with E-state index >= 15 is 0 Å². The van der Waals surface area contributed by atoms with E-state index in [0.29, 0.717) is 22.9 Å². The Hall–Kier alpha value is -3.74. The number of amides is 2. The summed E-state index contributed by atoms with van der Waals surface area (Å²) in [5.74, 6) is -0.813. The number of rotatable bonds is 3. The van der Waals surface area contributed by atoms with Crippen LogP contribution >= 0.6 is 0 Å². The Morgan fingerprint density at radius 1 is 1.16 bits per heavy atom. The molecule has 0 bridgehead atoms. The Balaban J connectivity index is 1.42. The molecule has 7 heteroatoms. The van der Waals surface area contributed by atoms with Gasteiger partial charge < -0.3 is 10.1 Å². The van der Waals surface area contributed by atoms with Gasteiger partial charge in [0.2, 0.25) is 5.91 Å². The van der Waals surface area contributed by atoms with E-state index in [1.54, 1.807) is 24.3 Å². The number of benzene rings is 2. The van der Waals surface area contributed by atoms with E-state index in [0.717, 1.165) is 41.4 Å². The number of aryl methyl sites for hydroxylation is 1. The van der Waals surface area contributed by atoms with Crippen LogP contribution in [0.4, 0.5) is 11.4 Å². The minimum atomic E-state index is -0.531. The Morgan fingerprint density at radius 2 is 1.94 bits per heavy atom. The number of hydrogen-bond acceptors (Lipinski definition) is 5. The van der Waals surface area contributed by atoms with Gasteiger partial charge in [-0.1, -0.05) is 37.3 Å². The fraction of sp³-hybridized carbons (Fsp3) is 0.280. The summed E-state index contributed by atoms with van der Waals surface area (Å²) < 4.78 is 5.51. The SMILES string of the molecule is C[C@H]1CCc2nc3ccccc3c(C(=O)OCC(=O)N3CC(=O)Nc4ccccc43)c2C1. The van der Waals surface area contributed by atoms with Crippen molar-refractivity contribution in [3.8, 4) is 0 Å². The van der Waals surface area contributed by atoms with Crippen molar-refractivity contribution in [2.45, 2.75) is 26.2 Å². The lowest BCUT2D eigenvalue weighted by Gasteiger charge is -2.29. The number of pyridine rings is 1. The third kappa shape index (κ3) is 3.60.